The zero-order valence-electron chi connectivity index (χ0n) is 8.80. The van der Waals surface area contributed by atoms with Gasteiger partial charge in [-0.3, -0.25) is 0 Å². The second kappa shape index (κ2) is 4.53. The molecule has 2 aromatic rings. The molecule has 0 aliphatic carbocycles. The van der Waals surface area contributed by atoms with E-state index in [0.717, 1.165) is 11.3 Å². The summed E-state index contributed by atoms with van der Waals surface area (Å²) in [6, 6.07) is 6.95. The van der Waals surface area contributed by atoms with E-state index in [2.05, 4.69) is 17.0 Å². The smallest absolute Gasteiger partial charge is 0.115 e. The number of rotatable bonds is 4. The average Bonchev–Trinajstić information content (AvgIpc) is 2.76. The Kier molecular flexibility index (Phi) is 2.91. The summed E-state index contributed by atoms with van der Waals surface area (Å²) in [5.74, 6) is 0.269. The summed E-state index contributed by atoms with van der Waals surface area (Å²) in [7, 11) is 0. The van der Waals surface area contributed by atoms with Gasteiger partial charge in [-0.05, 0) is 24.3 Å². The van der Waals surface area contributed by atoms with Crippen LogP contribution in [0.5, 0.6) is 5.75 Å². The van der Waals surface area contributed by atoms with E-state index in [1.807, 2.05) is 18.3 Å². The lowest BCUT2D eigenvalue weighted by atomic mass is 10.3. The first-order valence-corrected chi connectivity index (χ1v) is 4.96. The fourth-order valence-corrected chi connectivity index (χ4v) is 1.35. The number of anilines is 1. The molecule has 1 aromatic carbocycles. The Balaban J connectivity index is 1.96. The van der Waals surface area contributed by atoms with Crippen LogP contribution in [0.1, 0.15) is 5.56 Å². The van der Waals surface area contributed by atoms with Crippen LogP contribution in [-0.4, -0.2) is 14.9 Å². The fraction of sp³-hybridized carbons (Fsp3) is 0.0833. The van der Waals surface area contributed by atoms with Crippen LogP contribution >= 0.6 is 0 Å². The van der Waals surface area contributed by atoms with E-state index in [1.165, 1.54) is 0 Å². The van der Waals surface area contributed by atoms with E-state index in [0.29, 0.717) is 6.54 Å². The maximum atomic E-state index is 9.12. The molecule has 0 bridgehead atoms. The van der Waals surface area contributed by atoms with Gasteiger partial charge in [0.15, 0.2) is 0 Å². The molecule has 2 rings (SSSR count). The molecule has 0 spiro atoms. The highest BCUT2D eigenvalue weighted by molar-refractivity contribution is 5.46. The minimum Gasteiger partial charge on any atom is -0.508 e. The third-order valence-electron chi connectivity index (χ3n) is 2.21. The van der Waals surface area contributed by atoms with Gasteiger partial charge in [-0.1, -0.05) is 6.58 Å². The Bertz CT molecular complexity index is 473. The second-order valence-corrected chi connectivity index (χ2v) is 3.41. The summed E-state index contributed by atoms with van der Waals surface area (Å²) in [5.41, 5.74) is 2.04. The van der Waals surface area contributed by atoms with Crippen molar-refractivity contribution >= 4 is 11.9 Å². The fourth-order valence-electron chi connectivity index (χ4n) is 1.35. The first-order valence-electron chi connectivity index (χ1n) is 4.96. The Hall–Kier alpha value is -2.23. The highest BCUT2D eigenvalue weighted by atomic mass is 16.3. The lowest BCUT2D eigenvalue weighted by Crippen LogP contribution is -1.97. The molecule has 0 saturated heterocycles. The molecule has 0 aliphatic rings. The molecular formula is C12H13N3O. The van der Waals surface area contributed by atoms with Crippen molar-refractivity contribution in [1.82, 2.24) is 9.78 Å². The largest absolute Gasteiger partial charge is 0.508 e. The molecule has 0 saturated carbocycles. The summed E-state index contributed by atoms with van der Waals surface area (Å²) in [5, 5.41) is 16.4. The van der Waals surface area contributed by atoms with Crippen LogP contribution < -0.4 is 5.32 Å². The number of hydrogen-bond donors (Lipinski definition) is 2. The van der Waals surface area contributed by atoms with Crippen LogP contribution in [0.3, 0.4) is 0 Å². The van der Waals surface area contributed by atoms with Crippen molar-refractivity contribution in [1.29, 1.82) is 0 Å². The van der Waals surface area contributed by atoms with Crippen molar-refractivity contribution in [3.63, 3.8) is 0 Å². The van der Waals surface area contributed by atoms with Crippen molar-refractivity contribution in [2.45, 2.75) is 6.54 Å². The Labute approximate surface area is 93.8 Å². The van der Waals surface area contributed by atoms with Gasteiger partial charge in [-0.15, -0.1) is 0 Å². The van der Waals surface area contributed by atoms with Crippen molar-refractivity contribution in [3.8, 4) is 5.75 Å². The van der Waals surface area contributed by atoms with Gasteiger partial charge >= 0.3 is 0 Å². The van der Waals surface area contributed by atoms with E-state index < -0.39 is 0 Å². The molecule has 0 amide bonds. The summed E-state index contributed by atoms with van der Waals surface area (Å²) in [4.78, 5) is 0. The van der Waals surface area contributed by atoms with E-state index in [4.69, 9.17) is 5.11 Å². The predicted octanol–water partition coefficient (Wildman–Crippen LogP) is 2.30. The summed E-state index contributed by atoms with van der Waals surface area (Å²) >= 11 is 0. The average molecular weight is 215 g/mol. The summed E-state index contributed by atoms with van der Waals surface area (Å²) < 4.78 is 1.66. The lowest BCUT2D eigenvalue weighted by molar-refractivity contribution is 0.475. The number of phenols is 1. The molecular weight excluding hydrogens is 202 g/mol. The Morgan fingerprint density at radius 3 is 2.75 bits per heavy atom. The number of nitrogens with zero attached hydrogens (tertiary/aromatic N) is 2. The van der Waals surface area contributed by atoms with Gasteiger partial charge in [0.05, 0.1) is 6.20 Å². The van der Waals surface area contributed by atoms with Crippen LogP contribution in [0, 0.1) is 0 Å². The maximum Gasteiger partial charge on any atom is 0.115 e. The topological polar surface area (TPSA) is 50.1 Å². The van der Waals surface area contributed by atoms with Crippen molar-refractivity contribution in [2.24, 2.45) is 0 Å². The molecule has 16 heavy (non-hydrogen) atoms. The monoisotopic (exact) mass is 215 g/mol. The summed E-state index contributed by atoms with van der Waals surface area (Å²) in [6.07, 6.45) is 5.33. The zero-order chi connectivity index (χ0) is 11.4. The zero-order valence-corrected chi connectivity index (χ0v) is 8.80. The minimum atomic E-state index is 0.269. The van der Waals surface area contributed by atoms with Crippen LogP contribution in [0.15, 0.2) is 43.2 Å². The number of aromatic hydroxyl groups is 1. The number of nitrogens with one attached hydrogen (secondary N) is 1. The molecule has 4 nitrogen and oxygen atoms in total. The van der Waals surface area contributed by atoms with E-state index >= 15 is 0 Å². The molecule has 0 radical (unpaired) electrons. The molecule has 0 aliphatic heterocycles. The van der Waals surface area contributed by atoms with Crippen LogP contribution in [0.25, 0.3) is 6.20 Å². The third-order valence-corrected chi connectivity index (χ3v) is 2.21. The van der Waals surface area contributed by atoms with E-state index in [9.17, 15) is 0 Å². The second-order valence-electron chi connectivity index (χ2n) is 3.41. The molecule has 0 atom stereocenters. The number of aromatic nitrogens is 2. The first-order chi connectivity index (χ1) is 7.78. The normalized spacial score (nSPS) is 10.0. The van der Waals surface area contributed by atoms with Crippen molar-refractivity contribution in [3.05, 3.63) is 48.8 Å². The molecule has 1 heterocycles. The lowest BCUT2D eigenvalue weighted by Gasteiger charge is -2.04. The van der Waals surface area contributed by atoms with Gasteiger partial charge in [-0.2, -0.15) is 5.10 Å². The first kappa shape index (κ1) is 10.3. The maximum absolute atomic E-state index is 9.12. The standard InChI is InChI=1S/C12H13N3O/c1-2-15-9-10(8-14-15)7-13-11-3-5-12(16)6-4-11/h2-6,8-9,13,16H,1,7H2. The highest BCUT2D eigenvalue weighted by Gasteiger charge is 1.97. The molecule has 2 N–H and O–H groups in total. The van der Waals surface area contributed by atoms with Gasteiger partial charge in [0.1, 0.15) is 5.75 Å². The molecule has 4 heteroatoms. The molecule has 0 fully saturated rings. The Morgan fingerprint density at radius 1 is 1.38 bits per heavy atom. The molecule has 1 aromatic heterocycles. The minimum absolute atomic E-state index is 0.269. The van der Waals surface area contributed by atoms with Gasteiger partial charge in [0.2, 0.25) is 0 Å². The predicted molar refractivity (Wildman–Crippen MR) is 64.0 cm³/mol. The van der Waals surface area contributed by atoms with Crippen LogP contribution in [0.4, 0.5) is 5.69 Å². The number of phenolic OH excluding ortho intramolecular Hbond substituents is 1. The molecule has 0 unspecified atom stereocenters. The third kappa shape index (κ3) is 2.42. The SMILES string of the molecule is C=Cn1cc(CNc2ccc(O)cc2)cn1. The van der Waals surface area contributed by atoms with Gasteiger partial charge in [-0.25, -0.2) is 4.68 Å². The van der Waals surface area contributed by atoms with Gasteiger partial charge in [0, 0.05) is 30.2 Å². The highest BCUT2D eigenvalue weighted by Crippen LogP contribution is 2.14. The van der Waals surface area contributed by atoms with Crippen LogP contribution in [-0.2, 0) is 6.54 Å². The van der Waals surface area contributed by atoms with Crippen molar-refractivity contribution in [2.75, 3.05) is 5.32 Å². The molecule has 82 valence electrons. The quantitative estimate of drug-likeness (QED) is 0.769. The van der Waals surface area contributed by atoms with E-state index in [-0.39, 0.29) is 5.75 Å². The van der Waals surface area contributed by atoms with Crippen LogP contribution in [0.2, 0.25) is 0 Å². The number of benzene rings is 1. The summed E-state index contributed by atoms with van der Waals surface area (Å²) in [6.45, 7) is 4.32. The van der Waals surface area contributed by atoms with Gasteiger partial charge in [0.25, 0.3) is 0 Å². The van der Waals surface area contributed by atoms with Crippen molar-refractivity contribution < 1.29 is 5.11 Å². The van der Waals surface area contributed by atoms with Gasteiger partial charge < -0.3 is 10.4 Å². The number of hydrogen-bond acceptors (Lipinski definition) is 3. The Morgan fingerprint density at radius 2 is 2.12 bits per heavy atom. The van der Waals surface area contributed by atoms with E-state index in [1.54, 1.807) is 29.2 Å².